The normalized spacial score (nSPS) is 10.8. The summed E-state index contributed by atoms with van der Waals surface area (Å²) in [7, 11) is 0. The smallest absolute Gasteiger partial charge is 0.321 e. The summed E-state index contributed by atoms with van der Waals surface area (Å²) < 4.78 is 19.1. The highest BCUT2D eigenvalue weighted by Crippen LogP contribution is 2.23. The van der Waals surface area contributed by atoms with E-state index in [4.69, 9.17) is 4.74 Å². The molecule has 0 fully saturated rings. The van der Waals surface area contributed by atoms with E-state index in [1.165, 1.54) is 0 Å². The maximum Gasteiger partial charge on any atom is 0.321 e. The van der Waals surface area contributed by atoms with Crippen LogP contribution >= 0.6 is 0 Å². The largest absolute Gasteiger partial charge is 0.421 e. The average Bonchev–Trinajstić information content (AvgIpc) is 2.43. The van der Waals surface area contributed by atoms with Crippen molar-refractivity contribution >= 4 is 0 Å². The minimum Gasteiger partial charge on any atom is -0.421 e. The summed E-state index contributed by atoms with van der Waals surface area (Å²) in [6.45, 7) is 6.51. The number of aryl methyl sites for hydroxylation is 1. The van der Waals surface area contributed by atoms with Crippen molar-refractivity contribution < 1.29 is 9.13 Å². The molecule has 0 amide bonds. The molecule has 0 atom stereocenters. The second-order valence-electron chi connectivity index (χ2n) is 4.90. The van der Waals surface area contributed by atoms with E-state index in [1.54, 1.807) is 37.5 Å². The zero-order valence-electron chi connectivity index (χ0n) is 11.9. The molecule has 1 heterocycles. The molecule has 0 aliphatic rings. The van der Waals surface area contributed by atoms with Crippen molar-refractivity contribution in [1.82, 2.24) is 15.3 Å². The van der Waals surface area contributed by atoms with Crippen LogP contribution in [0.3, 0.4) is 0 Å². The van der Waals surface area contributed by atoms with Gasteiger partial charge in [0.25, 0.3) is 0 Å². The number of nitrogens with one attached hydrogen (secondary N) is 1. The van der Waals surface area contributed by atoms with E-state index < -0.39 is 0 Å². The molecule has 0 bridgehead atoms. The lowest BCUT2D eigenvalue weighted by Gasteiger charge is -2.09. The highest BCUT2D eigenvalue weighted by molar-refractivity contribution is 5.31. The average molecular weight is 275 g/mol. The fourth-order valence-corrected chi connectivity index (χ4v) is 1.61. The first-order chi connectivity index (χ1) is 9.56. The third-order valence-corrected chi connectivity index (χ3v) is 2.75. The van der Waals surface area contributed by atoms with Crippen LogP contribution in [0.2, 0.25) is 0 Å². The van der Waals surface area contributed by atoms with Crippen LogP contribution in [0.5, 0.6) is 11.8 Å². The number of aromatic nitrogens is 2. The van der Waals surface area contributed by atoms with Crippen molar-refractivity contribution in [2.45, 2.75) is 33.4 Å². The molecule has 1 aromatic carbocycles. The fraction of sp³-hybridized carbons (Fsp3) is 0.333. The van der Waals surface area contributed by atoms with Gasteiger partial charge in [-0.1, -0.05) is 26.0 Å². The van der Waals surface area contributed by atoms with Crippen molar-refractivity contribution in [1.29, 1.82) is 0 Å². The highest BCUT2D eigenvalue weighted by atomic mass is 19.1. The van der Waals surface area contributed by atoms with Gasteiger partial charge in [-0.15, -0.1) is 0 Å². The minimum absolute atomic E-state index is 0.137. The number of benzene rings is 1. The summed E-state index contributed by atoms with van der Waals surface area (Å²) >= 11 is 0. The van der Waals surface area contributed by atoms with E-state index >= 15 is 0 Å². The van der Waals surface area contributed by atoms with E-state index in [0.29, 0.717) is 18.2 Å². The molecule has 0 spiro atoms. The molecule has 2 aromatic rings. The summed E-state index contributed by atoms with van der Waals surface area (Å²) in [4.78, 5) is 8.17. The predicted octanol–water partition coefficient (Wildman–Crippen LogP) is 3.21. The standard InChI is InChI=1S/C15H18FN3O/c1-10(2)17-7-12-8-18-15(19-9-12)20-13-6-4-5-11(3)14(13)16/h4-6,8-10,17H,7H2,1-3H3. The first kappa shape index (κ1) is 14.4. The Hall–Kier alpha value is -2.01. The predicted molar refractivity (Wildman–Crippen MR) is 75.2 cm³/mol. The van der Waals surface area contributed by atoms with E-state index in [1.807, 2.05) is 0 Å². The topological polar surface area (TPSA) is 47.0 Å². The third-order valence-electron chi connectivity index (χ3n) is 2.75. The van der Waals surface area contributed by atoms with E-state index in [9.17, 15) is 4.39 Å². The van der Waals surface area contributed by atoms with Crippen LogP contribution in [-0.4, -0.2) is 16.0 Å². The molecule has 5 heteroatoms. The lowest BCUT2D eigenvalue weighted by atomic mass is 10.2. The van der Waals surface area contributed by atoms with Gasteiger partial charge in [-0.3, -0.25) is 0 Å². The van der Waals surface area contributed by atoms with Crippen LogP contribution in [0.25, 0.3) is 0 Å². The van der Waals surface area contributed by atoms with Gasteiger partial charge < -0.3 is 10.1 Å². The van der Waals surface area contributed by atoms with Gasteiger partial charge in [-0.2, -0.15) is 0 Å². The Kier molecular flexibility index (Phi) is 4.63. The molecule has 106 valence electrons. The third kappa shape index (κ3) is 3.74. The lowest BCUT2D eigenvalue weighted by molar-refractivity contribution is 0.408. The summed E-state index contributed by atoms with van der Waals surface area (Å²) in [5.41, 5.74) is 1.48. The SMILES string of the molecule is Cc1cccc(Oc2ncc(CNC(C)C)cn2)c1F. The first-order valence-electron chi connectivity index (χ1n) is 6.53. The maximum absolute atomic E-state index is 13.8. The van der Waals surface area contributed by atoms with Gasteiger partial charge in [0.2, 0.25) is 0 Å². The van der Waals surface area contributed by atoms with Gasteiger partial charge >= 0.3 is 6.01 Å². The van der Waals surface area contributed by atoms with Gasteiger partial charge in [-0.25, -0.2) is 14.4 Å². The van der Waals surface area contributed by atoms with Crippen molar-refractivity contribution in [3.63, 3.8) is 0 Å². The highest BCUT2D eigenvalue weighted by Gasteiger charge is 2.08. The number of rotatable bonds is 5. The Morgan fingerprint density at radius 1 is 1.25 bits per heavy atom. The van der Waals surface area contributed by atoms with E-state index in [-0.39, 0.29) is 17.6 Å². The summed E-state index contributed by atoms with van der Waals surface area (Å²) in [6.07, 6.45) is 3.34. The molecule has 0 radical (unpaired) electrons. The van der Waals surface area contributed by atoms with Crippen molar-refractivity contribution in [2.24, 2.45) is 0 Å². The van der Waals surface area contributed by atoms with Gasteiger partial charge in [0.15, 0.2) is 11.6 Å². The van der Waals surface area contributed by atoms with Crippen molar-refractivity contribution in [3.8, 4) is 11.8 Å². The molecule has 0 saturated carbocycles. The molecule has 4 nitrogen and oxygen atoms in total. The molecule has 1 N–H and O–H groups in total. The maximum atomic E-state index is 13.8. The summed E-state index contributed by atoms with van der Waals surface area (Å²) in [6, 6.07) is 5.51. The minimum atomic E-state index is -0.387. The Balaban J connectivity index is 2.05. The monoisotopic (exact) mass is 275 g/mol. The Labute approximate surface area is 118 Å². The van der Waals surface area contributed by atoms with Crippen LogP contribution < -0.4 is 10.1 Å². The number of ether oxygens (including phenoxy) is 1. The second kappa shape index (κ2) is 6.43. The molecular weight excluding hydrogens is 257 g/mol. The molecule has 0 aliphatic heterocycles. The number of hydrogen-bond donors (Lipinski definition) is 1. The Morgan fingerprint density at radius 2 is 1.95 bits per heavy atom. The van der Waals surface area contributed by atoms with Crippen molar-refractivity contribution in [3.05, 3.63) is 47.5 Å². The van der Waals surface area contributed by atoms with Crippen molar-refractivity contribution in [2.75, 3.05) is 0 Å². The fourth-order valence-electron chi connectivity index (χ4n) is 1.61. The summed E-state index contributed by atoms with van der Waals surface area (Å²) in [5.74, 6) is -0.250. The van der Waals surface area contributed by atoms with Gasteiger partial charge in [0.05, 0.1) is 0 Å². The van der Waals surface area contributed by atoms with Crippen LogP contribution in [0.4, 0.5) is 4.39 Å². The lowest BCUT2D eigenvalue weighted by Crippen LogP contribution is -2.21. The molecule has 0 saturated heterocycles. The van der Waals surface area contributed by atoms with Gasteiger partial charge in [-0.05, 0) is 18.6 Å². The molecule has 20 heavy (non-hydrogen) atoms. The molecule has 2 rings (SSSR count). The molecule has 0 unspecified atom stereocenters. The second-order valence-corrected chi connectivity index (χ2v) is 4.90. The van der Waals surface area contributed by atoms with Crippen LogP contribution in [0, 0.1) is 12.7 Å². The number of hydrogen-bond acceptors (Lipinski definition) is 4. The summed E-state index contributed by atoms with van der Waals surface area (Å²) in [5, 5.41) is 3.27. The van der Waals surface area contributed by atoms with Crippen LogP contribution in [-0.2, 0) is 6.54 Å². The number of halogens is 1. The first-order valence-corrected chi connectivity index (χ1v) is 6.53. The Morgan fingerprint density at radius 3 is 2.60 bits per heavy atom. The van der Waals surface area contributed by atoms with Crippen LogP contribution in [0.1, 0.15) is 25.0 Å². The molecular formula is C15H18FN3O. The zero-order chi connectivity index (χ0) is 14.5. The molecule has 1 aromatic heterocycles. The quantitative estimate of drug-likeness (QED) is 0.910. The zero-order valence-corrected chi connectivity index (χ0v) is 11.9. The van der Waals surface area contributed by atoms with Crippen LogP contribution in [0.15, 0.2) is 30.6 Å². The number of nitrogens with zero attached hydrogens (tertiary/aromatic N) is 2. The van der Waals surface area contributed by atoms with Gasteiger partial charge in [0.1, 0.15) is 0 Å². The van der Waals surface area contributed by atoms with Gasteiger partial charge in [0, 0.05) is 30.5 Å². The van der Waals surface area contributed by atoms with E-state index in [2.05, 4.69) is 29.1 Å². The van der Waals surface area contributed by atoms with E-state index in [0.717, 1.165) is 5.56 Å². The Bertz CT molecular complexity index is 570. The molecule has 0 aliphatic carbocycles.